The molecular formula is C23H20N6OS2. The molecule has 2 heterocycles. The number of hydrogen-bond donors (Lipinski definition) is 1. The molecule has 2 aromatic carbocycles. The summed E-state index contributed by atoms with van der Waals surface area (Å²) in [6, 6.07) is 19.5. The quantitative estimate of drug-likeness (QED) is 0.397. The van der Waals surface area contributed by atoms with Crippen LogP contribution >= 0.6 is 23.3 Å². The van der Waals surface area contributed by atoms with Crippen LogP contribution in [0.15, 0.2) is 67.0 Å². The van der Waals surface area contributed by atoms with E-state index < -0.39 is 0 Å². The minimum Gasteiger partial charge on any atom is -0.313 e. The Labute approximate surface area is 194 Å². The number of nitrogens with one attached hydrogen (secondary N) is 1. The number of carbonyl (C=O) groups is 1. The second-order valence-corrected chi connectivity index (χ2v) is 8.70. The lowest BCUT2D eigenvalue weighted by molar-refractivity contribution is 0.0980. The van der Waals surface area contributed by atoms with E-state index >= 15 is 0 Å². The van der Waals surface area contributed by atoms with Gasteiger partial charge in [-0.2, -0.15) is 10.4 Å². The summed E-state index contributed by atoms with van der Waals surface area (Å²) in [5.41, 5.74) is 3.92. The number of hydrogen-bond acceptors (Lipinski definition) is 7. The van der Waals surface area contributed by atoms with Crippen LogP contribution in [-0.4, -0.2) is 26.9 Å². The summed E-state index contributed by atoms with van der Waals surface area (Å²) in [6.45, 7) is 2.43. The number of nitrogens with zero attached hydrogens (tertiary/aromatic N) is 5. The van der Waals surface area contributed by atoms with Crippen molar-refractivity contribution in [3.8, 4) is 11.8 Å². The van der Waals surface area contributed by atoms with Crippen LogP contribution in [0.4, 0.5) is 10.8 Å². The summed E-state index contributed by atoms with van der Waals surface area (Å²) in [5, 5.41) is 14.2. The minimum absolute atomic E-state index is 0.210. The predicted octanol–water partition coefficient (Wildman–Crippen LogP) is 4.86. The van der Waals surface area contributed by atoms with E-state index in [2.05, 4.69) is 31.8 Å². The highest BCUT2D eigenvalue weighted by Gasteiger charge is 2.20. The van der Waals surface area contributed by atoms with Gasteiger partial charge in [-0.25, -0.2) is 9.67 Å². The lowest BCUT2D eigenvalue weighted by atomic mass is 10.1. The summed E-state index contributed by atoms with van der Waals surface area (Å²) in [5.74, 6) is -0.210. The molecule has 32 heavy (non-hydrogen) atoms. The largest absolute Gasteiger partial charge is 0.313 e. The molecule has 2 aromatic heterocycles. The van der Waals surface area contributed by atoms with Gasteiger partial charge in [0.15, 0.2) is 5.13 Å². The van der Waals surface area contributed by atoms with E-state index in [1.54, 1.807) is 24.6 Å². The Hall–Kier alpha value is -3.61. The SMILES string of the molecule is CSNC(=O)c1nc(N(Cc2cccc(-n3cccn3)c2)c2ccc(C#N)cc2)sc1C. The van der Waals surface area contributed by atoms with Crippen LogP contribution in [-0.2, 0) is 6.54 Å². The van der Waals surface area contributed by atoms with Crippen LogP contribution in [0.2, 0.25) is 0 Å². The van der Waals surface area contributed by atoms with Crippen LogP contribution in [0.5, 0.6) is 0 Å². The number of aryl methyl sites for hydroxylation is 1. The van der Waals surface area contributed by atoms with Crippen LogP contribution in [0.1, 0.15) is 26.5 Å². The maximum absolute atomic E-state index is 12.4. The average molecular weight is 461 g/mol. The Balaban J connectivity index is 1.72. The fourth-order valence-electron chi connectivity index (χ4n) is 3.24. The lowest BCUT2D eigenvalue weighted by Crippen LogP contribution is -2.19. The Morgan fingerprint density at radius 3 is 2.75 bits per heavy atom. The standard InChI is InChI=1S/C23H20N6OS2/c1-16-21(22(30)27-31-2)26-23(32-16)28(19-9-7-17(14-24)8-10-19)15-18-5-3-6-20(13-18)29-12-4-11-25-29/h3-13H,15H2,1-2H3,(H,27,30). The molecule has 0 atom stereocenters. The molecule has 0 fully saturated rings. The molecule has 0 aliphatic carbocycles. The van der Waals surface area contributed by atoms with E-state index in [9.17, 15) is 4.79 Å². The fourth-order valence-corrected chi connectivity index (χ4v) is 4.44. The van der Waals surface area contributed by atoms with Gasteiger partial charge in [0.25, 0.3) is 5.91 Å². The molecule has 1 N–H and O–H groups in total. The molecule has 0 aliphatic heterocycles. The second-order valence-electron chi connectivity index (χ2n) is 6.90. The van der Waals surface area contributed by atoms with Gasteiger partial charge in [-0.15, -0.1) is 11.3 Å². The van der Waals surface area contributed by atoms with Crippen LogP contribution in [0, 0.1) is 18.3 Å². The Morgan fingerprint density at radius 2 is 2.06 bits per heavy atom. The normalized spacial score (nSPS) is 10.5. The first-order valence-electron chi connectivity index (χ1n) is 9.76. The van der Waals surface area contributed by atoms with Crippen molar-refractivity contribution in [1.82, 2.24) is 19.5 Å². The number of thiazole rings is 1. The van der Waals surface area contributed by atoms with Gasteiger partial charge >= 0.3 is 0 Å². The highest BCUT2D eigenvalue weighted by molar-refractivity contribution is 7.97. The van der Waals surface area contributed by atoms with E-state index in [-0.39, 0.29) is 5.91 Å². The molecule has 0 aliphatic rings. The maximum Gasteiger partial charge on any atom is 0.280 e. The molecule has 0 saturated heterocycles. The highest BCUT2D eigenvalue weighted by Crippen LogP contribution is 2.33. The molecule has 9 heteroatoms. The van der Waals surface area contributed by atoms with E-state index in [1.807, 2.05) is 54.2 Å². The zero-order chi connectivity index (χ0) is 22.5. The topological polar surface area (TPSA) is 86.8 Å². The third-order valence-electron chi connectivity index (χ3n) is 4.75. The predicted molar refractivity (Wildman–Crippen MR) is 128 cm³/mol. The van der Waals surface area contributed by atoms with Gasteiger partial charge in [-0.1, -0.05) is 24.1 Å². The fraction of sp³-hybridized carbons (Fsp3) is 0.130. The van der Waals surface area contributed by atoms with Crippen LogP contribution < -0.4 is 9.62 Å². The number of anilines is 2. The van der Waals surface area contributed by atoms with E-state index in [1.165, 1.54) is 23.3 Å². The molecule has 0 bridgehead atoms. The van der Waals surface area contributed by atoms with Gasteiger partial charge in [0.1, 0.15) is 5.69 Å². The van der Waals surface area contributed by atoms with Crippen molar-refractivity contribution < 1.29 is 4.79 Å². The molecule has 160 valence electrons. The van der Waals surface area contributed by atoms with E-state index in [0.717, 1.165) is 21.8 Å². The zero-order valence-corrected chi connectivity index (χ0v) is 19.2. The van der Waals surface area contributed by atoms with Crippen molar-refractivity contribution >= 4 is 40.0 Å². The van der Waals surface area contributed by atoms with Crippen molar-refractivity contribution in [2.45, 2.75) is 13.5 Å². The summed E-state index contributed by atoms with van der Waals surface area (Å²) in [6.07, 6.45) is 5.45. The van der Waals surface area contributed by atoms with Crippen molar-refractivity contribution in [2.24, 2.45) is 0 Å². The van der Waals surface area contributed by atoms with Crippen LogP contribution in [0.3, 0.4) is 0 Å². The molecule has 7 nitrogen and oxygen atoms in total. The first kappa shape index (κ1) is 21.6. The highest BCUT2D eigenvalue weighted by atomic mass is 32.2. The summed E-state index contributed by atoms with van der Waals surface area (Å²) in [4.78, 5) is 20.0. The van der Waals surface area contributed by atoms with Gasteiger partial charge in [0, 0.05) is 29.2 Å². The summed E-state index contributed by atoms with van der Waals surface area (Å²) in [7, 11) is 0. The Morgan fingerprint density at radius 1 is 1.25 bits per heavy atom. The number of rotatable bonds is 7. The maximum atomic E-state index is 12.4. The number of nitriles is 1. The molecule has 0 unspecified atom stereocenters. The van der Waals surface area contributed by atoms with Crippen LogP contribution in [0.25, 0.3) is 5.69 Å². The molecule has 0 radical (unpaired) electrons. The third-order valence-corrected chi connectivity index (χ3v) is 6.14. The van der Waals surface area contributed by atoms with Gasteiger partial charge < -0.3 is 4.90 Å². The van der Waals surface area contributed by atoms with E-state index in [0.29, 0.717) is 22.9 Å². The van der Waals surface area contributed by atoms with Crippen molar-refractivity contribution in [1.29, 1.82) is 5.26 Å². The number of amides is 1. The van der Waals surface area contributed by atoms with Gasteiger partial charge in [0.05, 0.1) is 23.9 Å². The average Bonchev–Trinajstić information content (AvgIpc) is 3.48. The summed E-state index contributed by atoms with van der Waals surface area (Å²) < 4.78 is 4.55. The van der Waals surface area contributed by atoms with Gasteiger partial charge in [-0.05, 0) is 55.0 Å². The molecule has 4 aromatic rings. The Kier molecular flexibility index (Phi) is 6.54. The molecule has 4 rings (SSSR count). The zero-order valence-electron chi connectivity index (χ0n) is 17.5. The first-order valence-corrected chi connectivity index (χ1v) is 11.8. The number of aromatic nitrogens is 3. The third kappa shape index (κ3) is 4.66. The molecule has 0 spiro atoms. The first-order chi connectivity index (χ1) is 15.6. The van der Waals surface area contributed by atoms with Crippen molar-refractivity contribution in [2.75, 3.05) is 11.2 Å². The van der Waals surface area contributed by atoms with Crippen molar-refractivity contribution in [3.05, 3.63) is 88.7 Å². The Bertz CT molecular complexity index is 1260. The van der Waals surface area contributed by atoms with Crippen molar-refractivity contribution in [3.63, 3.8) is 0 Å². The lowest BCUT2D eigenvalue weighted by Gasteiger charge is -2.22. The number of benzene rings is 2. The minimum atomic E-state index is -0.210. The second kappa shape index (κ2) is 9.68. The smallest absolute Gasteiger partial charge is 0.280 e. The molecule has 1 amide bonds. The van der Waals surface area contributed by atoms with Gasteiger partial charge in [0.2, 0.25) is 0 Å². The summed E-state index contributed by atoms with van der Waals surface area (Å²) >= 11 is 2.71. The molecule has 0 saturated carbocycles. The monoisotopic (exact) mass is 460 g/mol. The van der Waals surface area contributed by atoms with Gasteiger partial charge in [-0.3, -0.25) is 9.52 Å². The van der Waals surface area contributed by atoms with E-state index in [4.69, 9.17) is 5.26 Å². The molecular weight excluding hydrogens is 440 g/mol. The number of carbonyl (C=O) groups excluding carboxylic acids is 1.